The number of halogens is 3. The van der Waals surface area contributed by atoms with E-state index in [0.717, 1.165) is 0 Å². The average Bonchev–Trinajstić information content (AvgIpc) is 2.51. The number of rotatable bonds is 2. The van der Waals surface area contributed by atoms with E-state index in [1.54, 1.807) is 6.92 Å². The van der Waals surface area contributed by atoms with Crippen LogP contribution >= 0.6 is 12.4 Å². The Bertz CT molecular complexity index is 783. The highest BCUT2D eigenvalue weighted by molar-refractivity contribution is 6.06. The Morgan fingerprint density at radius 3 is 2.67 bits per heavy atom. The van der Waals surface area contributed by atoms with Crippen LogP contribution < -0.4 is 15.8 Å². The second kappa shape index (κ2) is 7.15. The fraction of sp³-hybridized carbons (Fsp3) is 0.235. The van der Waals surface area contributed by atoms with Crippen LogP contribution in [0.5, 0.6) is 5.75 Å². The molecular weight excluding hydrogens is 338 g/mol. The molecule has 0 spiro atoms. The molecule has 1 amide bonds. The SMILES string of the molecule is Cc1cc(NC(=O)c2ccc(F)c3c2OCCC3N)ccc1F.Cl. The van der Waals surface area contributed by atoms with Crippen LogP contribution in [0.1, 0.15) is 33.9 Å². The third-order valence-electron chi connectivity index (χ3n) is 3.85. The zero-order valence-electron chi connectivity index (χ0n) is 12.9. The van der Waals surface area contributed by atoms with Crippen molar-refractivity contribution in [3.8, 4) is 5.75 Å². The third-order valence-corrected chi connectivity index (χ3v) is 3.85. The molecule has 0 bridgehead atoms. The summed E-state index contributed by atoms with van der Waals surface area (Å²) in [6, 6.07) is 6.33. The highest BCUT2D eigenvalue weighted by atomic mass is 35.5. The van der Waals surface area contributed by atoms with Crippen molar-refractivity contribution in [2.75, 3.05) is 11.9 Å². The van der Waals surface area contributed by atoms with E-state index >= 15 is 0 Å². The number of hydrogen-bond donors (Lipinski definition) is 2. The lowest BCUT2D eigenvalue weighted by atomic mass is 9.97. The van der Waals surface area contributed by atoms with E-state index in [2.05, 4.69) is 5.32 Å². The molecule has 1 aliphatic heterocycles. The van der Waals surface area contributed by atoms with E-state index in [1.807, 2.05) is 0 Å². The number of benzene rings is 2. The monoisotopic (exact) mass is 354 g/mol. The smallest absolute Gasteiger partial charge is 0.259 e. The van der Waals surface area contributed by atoms with Gasteiger partial charge in [0.15, 0.2) is 0 Å². The van der Waals surface area contributed by atoms with Crippen LogP contribution in [0.15, 0.2) is 30.3 Å². The van der Waals surface area contributed by atoms with Gasteiger partial charge in [0.05, 0.1) is 12.2 Å². The fourth-order valence-corrected chi connectivity index (χ4v) is 2.61. The molecule has 3 rings (SSSR count). The molecular formula is C17H17ClF2N2O2. The van der Waals surface area contributed by atoms with Gasteiger partial charge in [0.2, 0.25) is 0 Å². The molecule has 0 aromatic heterocycles. The van der Waals surface area contributed by atoms with Crippen molar-refractivity contribution in [1.29, 1.82) is 0 Å². The summed E-state index contributed by atoms with van der Waals surface area (Å²) in [5.74, 6) is -1.11. The van der Waals surface area contributed by atoms with Gasteiger partial charge in [0, 0.05) is 23.7 Å². The van der Waals surface area contributed by atoms with Gasteiger partial charge < -0.3 is 15.8 Å². The van der Waals surface area contributed by atoms with Gasteiger partial charge in [0.1, 0.15) is 17.4 Å². The first-order valence-electron chi connectivity index (χ1n) is 7.25. The van der Waals surface area contributed by atoms with Crippen molar-refractivity contribution in [3.63, 3.8) is 0 Å². The molecule has 0 aliphatic carbocycles. The van der Waals surface area contributed by atoms with E-state index in [9.17, 15) is 13.6 Å². The molecule has 4 nitrogen and oxygen atoms in total. The van der Waals surface area contributed by atoms with E-state index in [1.165, 1.54) is 30.3 Å². The van der Waals surface area contributed by atoms with Crippen molar-refractivity contribution in [2.24, 2.45) is 5.73 Å². The lowest BCUT2D eigenvalue weighted by molar-refractivity contribution is 0.102. The van der Waals surface area contributed by atoms with Crippen LogP contribution in [0.2, 0.25) is 0 Å². The van der Waals surface area contributed by atoms with Crippen LogP contribution in [-0.4, -0.2) is 12.5 Å². The Hall–Kier alpha value is -2.18. The summed E-state index contributed by atoms with van der Waals surface area (Å²) in [6.07, 6.45) is 0.492. The van der Waals surface area contributed by atoms with Crippen molar-refractivity contribution < 1.29 is 18.3 Å². The summed E-state index contributed by atoms with van der Waals surface area (Å²) in [5.41, 5.74) is 7.21. The van der Waals surface area contributed by atoms with Crippen LogP contribution in [0.3, 0.4) is 0 Å². The second-order valence-electron chi connectivity index (χ2n) is 5.50. The quantitative estimate of drug-likeness (QED) is 0.863. The molecule has 2 aromatic rings. The lowest BCUT2D eigenvalue weighted by Gasteiger charge is -2.25. The van der Waals surface area contributed by atoms with E-state index in [0.29, 0.717) is 24.3 Å². The number of carbonyl (C=O) groups excluding carboxylic acids is 1. The van der Waals surface area contributed by atoms with Gasteiger partial charge in [-0.3, -0.25) is 4.79 Å². The van der Waals surface area contributed by atoms with Gasteiger partial charge in [-0.2, -0.15) is 0 Å². The average molecular weight is 355 g/mol. The maximum absolute atomic E-state index is 14.0. The van der Waals surface area contributed by atoms with E-state index in [-0.39, 0.29) is 35.1 Å². The number of hydrogen-bond acceptors (Lipinski definition) is 3. The molecule has 7 heteroatoms. The molecule has 1 heterocycles. The number of nitrogens with one attached hydrogen (secondary N) is 1. The first-order chi connectivity index (χ1) is 11.0. The fourth-order valence-electron chi connectivity index (χ4n) is 2.61. The van der Waals surface area contributed by atoms with Crippen LogP contribution in [-0.2, 0) is 0 Å². The predicted molar refractivity (Wildman–Crippen MR) is 89.8 cm³/mol. The Balaban J connectivity index is 0.00000208. The van der Waals surface area contributed by atoms with Crippen molar-refractivity contribution >= 4 is 24.0 Å². The van der Waals surface area contributed by atoms with Gasteiger partial charge >= 0.3 is 0 Å². The lowest BCUT2D eigenvalue weighted by Crippen LogP contribution is -2.25. The zero-order valence-corrected chi connectivity index (χ0v) is 13.8. The maximum Gasteiger partial charge on any atom is 0.259 e. The normalized spacial score (nSPS) is 15.8. The summed E-state index contributed by atoms with van der Waals surface area (Å²) in [7, 11) is 0. The summed E-state index contributed by atoms with van der Waals surface area (Å²) in [4.78, 5) is 12.5. The van der Waals surface area contributed by atoms with E-state index in [4.69, 9.17) is 10.5 Å². The van der Waals surface area contributed by atoms with Gasteiger partial charge in [0.25, 0.3) is 5.91 Å². The Kier molecular flexibility index (Phi) is 5.41. The molecule has 128 valence electrons. The number of amides is 1. The summed E-state index contributed by atoms with van der Waals surface area (Å²) < 4.78 is 32.7. The van der Waals surface area contributed by atoms with Crippen molar-refractivity contribution in [2.45, 2.75) is 19.4 Å². The van der Waals surface area contributed by atoms with Crippen LogP contribution in [0, 0.1) is 18.6 Å². The van der Waals surface area contributed by atoms with Crippen molar-refractivity contribution in [3.05, 3.63) is 58.7 Å². The number of nitrogens with two attached hydrogens (primary N) is 1. The minimum absolute atomic E-state index is 0. The van der Waals surface area contributed by atoms with Gasteiger partial charge in [-0.25, -0.2) is 8.78 Å². The number of ether oxygens (including phenoxy) is 1. The number of aryl methyl sites for hydroxylation is 1. The second-order valence-corrected chi connectivity index (χ2v) is 5.50. The molecule has 1 unspecified atom stereocenters. The third kappa shape index (κ3) is 3.34. The van der Waals surface area contributed by atoms with Crippen LogP contribution in [0.25, 0.3) is 0 Å². The zero-order chi connectivity index (χ0) is 16.6. The topological polar surface area (TPSA) is 64.3 Å². The Morgan fingerprint density at radius 2 is 1.96 bits per heavy atom. The molecule has 3 N–H and O–H groups in total. The largest absolute Gasteiger partial charge is 0.492 e. The molecule has 0 radical (unpaired) electrons. The molecule has 0 fully saturated rings. The van der Waals surface area contributed by atoms with Gasteiger partial charge in [-0.05, 0) is 42.8 Å². The van der Waals surface area contributed by atoms with E-state index < -0.39 is 17.8 Å². The molecule has 1 atom stereocenters. The first-order valence-corrected chi connectivity index (χ1v) is 7.25. The molecule has 0 saturated heterocycles. The molecule has 2 aromatic carbocycles. The number of carbonyl (C=O) groups is 1. The Morgan fingerprint density at radius 1 is 1.25 bits per heavy atom. The minimum Gasteiger partial charge on any atom is -0.492 e. The maximum atomic E-state index is 14.0. The van der Waals surface area contributed by atoms with Gasteiger partial charge in [-0.1, -0.05) is 0 Å². The van der Waals surface area contributed by atoms with Gasteiger partial charge in [-0.15, -0.1) is 12.4 Å². The predicted octanol–water partition coefficient (Wildman–Crippen LogP) is 3.73. The summed E-state index contributed by atoms with van der Waals surface area (Å²) in [5, 5.41) is 2.66. The van der Waals surface area contributed by atoms with Crippen molar-refractivity contribution in [1.82, 2.24) is 0 Å². The molecule has 1 aliphatic rings. The van der Waals surface area contributed by atoms with Crippen LogP contribution in [0.4, 0.5) is 14.5 Å². The standard InChI is InChI=1S/C17H16F2N2O2.ClH/c1-9-8-10(2-4-12(9)18)21-17(22)11-3-5-13(19)15-14(20)6-7-23-16(11)15;/h2-5,8,14H,6-7,20H2,1H3,(H,21,22);1H. The minimum atomic E-state index is -0.500. The summed E-state index contributed by atoms with van der Waals surface area (Å²) >= 11 is 0. The first kappa shape index (κ1) is 18.2. The number of fused-ring (bicyclic) bond motifs is 1. The highest BCUT2D eigenvalue weighted by Gasteiger charge is 2.27. The molecule has 0 saturated carbocycles. The molecule has 24 heavy (non-hydrogen) atoms. The Labute approximate surface area is 144 Å². The summed E-state index contributed by atoms with van der Waals surface area (Å²) in [6.45, 7) is 1.93. The highest BCUT2D eigenvalue weighted by Crippen LogP contribution is 2.36. The number of anilines is 1.